The Morgan fingerprint density at radius 1 is 1.14 bits per heavy atom. The van der Waals surface area contributed by atoms with Gasteiger partial charge in [0, 0.05) is 5.69 Å². The van der Waals surface area contributed by atoms with E-state index in [1.807, 2.05) is 23.1 Å². The molecule has 0 saturated heterocycles. The summed E-state index contributed by atoms with van der Waals surface area (Å²) in [6.45, 7) is 0. The van der Waals surface area contributed by atoms with Crippen molar-refractivity contribution in [2.45, 2.75) is 37.8 Å². The number of fused-ring (bicyclic) bond motifs is 1. The molecule has 1 aromatic heterocycles. The molecular weight excluding hydrogens is 278 g/mol. The van der Waals surface area contributed by atoms with Crippen molar-refractivity contribution in [1.29, 1.82) is 0 Å². The van der Waals surface area contributed by atoms with Crippen LogP contribution in [0.15, 0.2) is 34.5 Å². The van der Waals surface area contributed by atoms with Gasteiger partial charge in [-0.25, -0.2) is 9.98 Å². The molecule has 1 aliphatic carbocycles. The molecular formula is C15H19N7. The van der Waals surface area contributed by atoms with Gasteiger partial charge in [0.15, 0.2) is 0 Å². The molecule has 1 aromatic carbocycles. The molecule has 1 saturated carbocycles. The van der Waals surface area contributed by atoms with Crippen molar-refractivity contribution in [2.75, 3.05) is 4.90 Å². The number of nitrogens with zero attached hydrogens (tertiary/aromatic N) is 4. The van der Waals surface area contributed by atoms with E-state index < -0.39 is 5.66 Å². The van der Waals surface area contributed by atoms with Gasteiger partial charge in [-0.2, -0.15) is 4.99 Å². The molecule has 0 unspecified atom stereocenters. The molecule has 114 valence electrons. The topological polar surface area (TPSA) is 109 Å². The van der Waals surface area contributed by atoms with Crippen LogP contribution in [0.25, 0.3) is 11.0 Å². The van der Waals surface area contributed by atoms with E-state index in [4.69, 9.17) is 11.5 Å². The second-order valence-corrected chi connectivity index (χ2v) is 5.92. The van der Waals surface area contributed by atoms with E-state index in [0.717, 1.165) is 42.4 Å². The van der Waals surface area contributed by atoms with Gasteiger partial charge in [0.1, 0.15) is 5.66 Å². The van der Waals surface area contributed by atoms with Gasteiger partial charge in [0.05, 0.1) is 17.4 Å². The van der Waals surface area contributed by atoms with E-state index in [2.05, 4.69) is 20.0 Å². The smallest absolute Gasteiger partial charge is 0.220 e. The number of hydrogen-bond donors (Lipinski definition) is 3. The van der Waals surface area contributed by atoms with Crippen LogP contribution in [0.1, 0.15) is 32.1 Å². The van der Waals surface area contributed by atoms with Crippen molar-refractivity contribution in [3.05, 3.63) is 24.5 Å². The fourth-order valence-electron chi connectivity index (χ4n) is 3.56. The Balaban J connectivity index is 1.84. The molecule has 7 nitrogen and oxygen atoms in total. The summed E-state index contributed by atoms with van der Waals surface area (Å²) in [6, 6.07) is 6.03. The maximum Gasteiger partial charge on any atom is 0.220 e. The van der Waals surface area contributed by atoms with Gasteiger partial charge in [0.25, 0.3) is 0 Å². The number of rotatable bonds is 1. The molecule has 4 rings (SSSR count). The predicted molar refractivity (Wildman–Crippen MR) is 87.6 cm³/mol. The Morgan fingerprint density at radius 3 is 2.77 bits per heavy atom. The van der Waals surface area contributed by atoms with E-state index in [0.29, 0.717) is 5.96 Å². The molecule has 2 aromatic rings. The first kappa shape index (κ1) is 13.1. The highest BCUT2D eigenvalue weighted by Crippen LogP contribution is 2.39. The van der Waals surface area contributed by atoms with Gasteiger partial charge in [-0.05, 0) is 43.9 Å². The summed E-state index contributed by atoms with van der Waals surface area (Å²) in [5, 5.41) is 0. The van der Waals surface area contributed by atoms with Gasteiger partial charge in [-0.3, -0.25) is 4.90 Å². The molecule has 7 heteroatoms. The van der Waals surface area contributed by atoms with Crippen molar-refractivity contribution in [3.63, 3.8) is 0 Å². The van der Waals surface area contributed by atoms with Crippen LogP contribution in [0.3, 0.4) is 0 Å². The lowest BCUT2D eigenvalue weighted by Gasteiger charge is -2.45. The highest BCUT2D eigenvalue weighted by molar-refractivity contribution is 6.06. The number of aliphatic imine (C=N–C) groups is 2. The molecule has 0 atom stereocenters. The molecule has 0 bridgehead atoms. The Bertz CT molecular complexity index is 767. The summed E-state index contributed by atoms with van der Waals surface area (Å²) < 4.78 is 0. The third-order valence-electron chi connectivity index (χ3n) is 4.51. The highest BCUT2D eigenvalue weighted by atomic mass is 15.4. The fraction of sp³-hybridized carbons (Fsp3) is 0.400. The number of hydrogen-bond acceptors (Lipinski definition) is 6. The van der Waals surface area contributed by atoms with Crippen molar-refractivity contribution in [3.8, 4) is 0 Å². The number of aromatic nitrogens is 2. The zero-order valence-corrected chi connectivity index (χ0v) is 12.3. The summed E-state index contributed by atoms with van der Waals surface area (Å²) >= 11 is 0. The summed E-state index contributed by atoms with van der Waals surface area (Å²) in [5.41, 5.74) is 14.6. The number of H-pyrrole nitrogens is 1. The van der Waals surface area contributed by atoms with Crippen LogP contribution >= 0.6 is 0 Å². The van der Waals surface area contributed by atoms with Crippen LogP contribution in [0, 0.1) is 0 Å². The summed E-state index contributed by atoms with van der Waals surface area (Å²) in [4.78, 5) is 18.3. The molecule has 1 aliphatic heterocycles. The Hall–Kier alpha value is -2.57. The SMILES string of the molecule is NC1=NC2(CCCCC2)N(c2ccc3nc[nH]c3c2)C(N)=N1. The lowest BCUT2D eigenvalue weighted by molar-refractivity contribution is 0.305. The predicted octanol–water partition coefficient (Wildman–Crippen LogP) is 1.67. The standard InChI is InChI=1S/C15H19N7/c16-13-20-14(17)22(15(21-13)6-2-1-3-7-15)10-4-5-11-12(8-10)19-9-18-11/h4-5,8-9H,1-3,6-7H2,(H,18,19)(H4,16,17,20,21). The van der Waals surface area contributed by atoms with Gasteiger partial charge in [-0.1, -0.05) is 6.42 Å². The fourth-order valence-corrected chi connectivity index (χ4v) is 3.56. The van der Waals surface area contributed by atoms with E-state index in [-0.39, 0.29) is 5.96 Å². The Morgan fingerprint density at radius 2 is 1.95 bits per heavy atom. The number of benzene rings is 1. The normalized spacial score (nSPS) is 21.0. The second kappa shape index (κ2) is 4.72. The number of nitrogens with one attached hydrogen (secondary N) is 1. The first-order chi connectivity index (χ1) is 10.7. The van der Waals surface area contributed by atoms with Gasteiger partial charge in [-0.15, -0.1) is 0 Å². The molecule has 0 radical (unpaired) electrons. The maximum atomic E-state index is 6.22. The van der Waals surface area contributed by atoms with Crippen LogP contribution in [0.2, 0.25) is 0 Å². The third-order valence-corrected chi connectivity index (χ3v) is 4.51. The summed E-state index contributed by atoms with van der Waals surface area (Å²) in [5.74, 6) is 0.687. The summed E-state index contributed by atoms with van der Waals surface area (Å²) in [6.07, 6.45) is 7.02. The molecule has 1 fully saturated rings. The quantitative estimate of drug-likeness (QED) is 0.744. The molecule has 2 aliphatic rings. The molecule has 1 spiro atoms. The van der Waals surface area contributed by atoms with Crippen LogP contribution in [-0.4, -0.2) is 27.5 Å². The van der Waals surface area contributed by atoms with Crippen LogP contribution in [0.5, 0.6) is 0 Å². The van der Waals surface area contributed by atoms with Crippen molar-refractivity contribution >= 4 is 28.6 Å². The minimum absolute atomic E-state index is 0.276. The maximum absolute atomic E-state index is 6.22. The second-order valence-electron chi connectivity index (χ2n) is 5.92. The molecule has 5 N–H and O–H groups in total. The van der Waals surface area contributed by atoms with Crippen molar-refractivity contribution in [1.82, 2.24) is 9.97 Å². The van der Waals surface area contributed by atoms with E-state index >= 15 is 0 Å². The lowest BCUT2D eigenvalue weighted by Crippen LogP contribution is -2.58. The van der Waals surface area contributed by atoms with Crippen molar-refractivity contribution in [2.24, 2.45) is 21.5 Å². The van der Waals surface area contributed by atoms with E-state index in [9.17, 15) is 0 Å². The van der Waals surface area contributed by atoms with Crippen LogP contribution < -0.4 is 16.4 Å². The first-order valence-electron chi connectivity index (χ1n) is 7.61. The average molecular weight is 297 g/mol. The first-order valence-corrected chi connectivity index (χ1v) is 7.61. The molecule has 22 heavy (non-hydrogen) atoms. The van der Waals surface area contributed by atoms with Gasteiger partial charge in [0.2, 0.25) is 11.9 Å². The summed E-state index contributed by atoms with van der Waals surface area (Å²) in [7, 11) is 0. The lowest BCUT2D eigenvalue weighted by atomic mass is 9.87. The number of guanidine groups is 2. The van der Waals surface area contributed by atoms with Crippen molar-refractivity contribution < 1.29 is 0 Å². The third kappa shape index (κ3) is 1.93. The zero-order valence-electron chi connectivity index (χ0n) is 12.3. The monoisotopic (exact) mass is 297 g/mol. The number of nitrogens with two attached hydrogens (primary N) is 2. The number of anilines is 1. The molecule has 0 amide bonds. The van der Waals surface area contributed by atoms with Gasteiger partial charge < -0.3 is 16.5 Å². The van der Waals surface area contributed by atoms with Gasteiger partial charge >= 0.3 is 0 Å². The number of imidazole rings is 1. The minimum Gasteiger partial charge on any atom is -0.369 e. The minimum atomic E-state index is -0.401. The highest BCUT2D eigenvalue weighted by Gasteiger charge is 2.42. The Labute approximate surface area is 128 Å². The van der Waals surface area contributed by atoms with Crippen LogP contribution in [0.4, 0.5) is 5.69 Å². The molecule has 2 heterocycles. The van der Waals surface area contributed by atoms with Crippen LogP contribution in [-0.2, 0) is 0 Å². The van der Waals surface area contributed by atoms with E-state index in [1.165, 1.54) is 6.42 Å². The Kier molecular flexibility index (Phi) is 2.82. The zero-order chi connectivity index (χ0) is 15.2. The average Bonchev–Trinajstić information content (AvgIpc) is 2.94. The number of aromatic amines is 1. The largest absolute Gasteiger partial charge is 0.369 e. The van der Waals surface area contributed by atoms with E-state index in [1.54, 1.807) is 6.33 Å².